The van der Waals surface area contributed by atoms with Crippen LogP contribution in [-0.4, -0.2) is 24.5 Å². The van der Waals surface area contributed by atoms with Gasteiger partial charge >= 0.3 is 0 Å². The molecule has 1 aliphatic heterocycles. The molecule has 17 heavy (non-hydrogen) atoms. The molecule has 0 aromatic carbocycles. The summed E-state index contributed by atoms with van der Waals surface area (Å²) < 4.78 is 0. The summed E-state index contributed by atoms with van der Waals surface area (Å²) in [6, 6.07) is 0. The highest BCUT2D eigenvalue weighted by Crippen LogP contribution is 2.26. The average Bonchev–Trinajstić information content (AvgIpc) is 2.94. The van der Waals surface area contributed by atoms with Gasteiger partial charge in [-0.3, -0.25) is 0 Å². The minimum atomic E-state index is 0.833. The van der Waals surface area contributed by atoms with Crippen LogP contribution in [0.4, 0.5) is 0 Å². The molecule has 2 aliphatic rings. The molecule has 104 valence electrons. The van der Waals surface area contributed by atoms with E-state index < -0.39 is 0 Å². The number of likely N-dealkylation sites (tertiary alicyclic amines) is 1. The maximum Gasteiger partial charge on any atom is 0.000966 e. The van der Waals surface area contributed by atoms with Crippen LogP contribution in [-0.2, 0) is 0 Å². The Labute approximate surface area is 110 Å². The zero-order valence-electron chi connectivity index (χ0n) is 13.0. The van der Waals surface area contributed by atoms with Crippen LogP contribution in [0.25, 0.3) is 0 Å². The molecule has 0 spiro atoms. The molecule has 1 saturated carbocycles. The molecule has 0 amide bonds. The molecule has 0 radical (unpaired) electrons. The normalized spacial score (nSPS) is 20.8. The Balaban J connectivity index is 0.000000368. The lowest BCUT2D eigenvalue weighted by Gasteiger charge is -2.18. The highest BCUT2D eigenvalue weighted by atomic mass is 15.1. The second kappa shape index (κ2) is 11.1. The maximum absolute atomic E-state index is 2.66. The lowest BCUT2D eigenvalue weighted by Crippen LogP contribution is -2.25. The van der Waals surface area contributed by atoms with Gasteiger partial charge in [0.2, 0.25) is 0 Å². The maximum atomic E-state index is 2.66. The highest BCUT2D eigenvalue weighted by molar-refractivity contribution is 4.74. The van der Waals surface area contributed by atoms with Crippen molar-refractivity contribution in [3.05, 3.63) is 0 Å². The third-order valence-electron chi connectivity index (χ3n) is 3.19. The fourth-order valence-corrected chi connectivity index (χ4v) is 2.52. The van der Waals surface area contributed by atoms with E-state index in [0.717, 1.165) is 11.8 Å². The topological polar surface area (TPSA) is 3.24 Å². The van der Waals surface area contributed by atoms with Crippen LogP contribution in [0.15, 0.2) is 0 Å². The molecule has 0 unspecified atom stereocenters. The first-order valence-electron chi connectivity index (χ1n) is 7.91. The van der Waals surface area contributed by atoms with Crippen LogP contribution >= 0.6 is 0 Å². The van der Waals surface area contributed by atoms with Gasteiger partial charge in [-0.05, 0) is 50.6 Å². The summed E-state index contributed by atoms with van der Waals surface area (Å²) in [5.41, 5.74) is 0. The predicted molar refractivity (Wildman–Crippen MR) is 79.5 cm³/mol. The van der Waals surface area contributed by atoms with Crippen molar-refractivity contribution in [3.63, 3.8) is 0 Å². The summed E-state index contributed by atoms with van der Waals surface area (Å²) in [4.78, 5) is 2.66. The van der Waals surface area contributed by atoms with E-state index in [4.69, 9.17) is 0 Å². The molecule has 2 rings (SSSR count). The van der Waals surface area contributed by atoms with Gasteiger partial charge < -0.3 is 4.90 Å². The van der Waals surface area contributed by atoms with Gasteiger partial charge in [0, 0.05) is 6.54 Å². The van der Waals surface area contributed by atoms with Crippen molar-refractivity contribution in [3.8, 4) is 0 Å². The standard InChI is InChI=1S/C10H19N.C4H10.C2H6/c1-2-6-10(5-1)9-11-7-3-4-8-11;1-4(2)3;1-2/h10H,1-9H2;4H,1-3H3;1-2H3. The van der Waals surface area contributed by atoms with Gasteiger partial charge in [0.1, 0.15) is 0 Å². The largest absolute Gasteiger partial charge is 0.303 e. The van der Waals surface area contributed by atoms with Crippen LogP contribution in [0.2, 0.25) is 0 Å². The molecule has 2 fully saturated rings. The minimum absolute atomic E-state index is 0.833. The van der Waals surface area contributed by atoms with E-state index in [1.165, 1.54) is 58.2 Å². The molecule has 0 atom stereocenters. The van der Waals surface area contributed by atoms with Gasteiger partial charge in [-0.15, -0.1) is 0 Å². The number of hydrogen-bond acceptors (Lipinski definition) is 1. The van der Waals surface area contributed by atoms with Gasteiger partial charge in [0.25, 0.3) is 0 Å². The van der Waals surface area contributed by atoms with Crippen molar-refractivity contribution in [2.45, 2.75) is 73.1 Å². The Morgan fingerprint density at radius 2 is 1.29 bits per heavy atom. The molecule has 0 N–H and O–H groups in total. The lowest BCUT2D eigenvalue weighted by molar-refractivity contribution is 0.280. The molecule has 1 saturated heterocycles. The third kappa shape index (κ3) is 9.64. The van der Waals surface area contributed by atoms with Crippen molar-refractivity contribution in [2.75, 3.05) is 19.6 Å². The second-order valence-corrected chi connectivity index (χ2v) is 5.89. The van der Waals surface area contributed by atoms with E-state index in [-0.39, 0.29) is 0 Å². The first kappa shape index (κ1) is 17.0. The van der Waals surface area contributed by atoms with Crippen LogP contribution in [0.1, 0.15) is 73.1 Å². The Morgan fingerprint density at radius 1 is 0.882 bits per heavy atom. The van der Waals surface area contributed by atoms with Crippen LogP contribution in [0, 0.1) is 11.8 Å². The van der Waals surface area contributed by atoms with E-state index in [1.54, 1.807) is 0 Å². The van der Waals surface area contributed by atoms with Crippen molar-refractivity contribution < 1.29 is 0 Å². The molecule has 0 aromatic heterocycles. The van der Waals surface area contributed by atoms with Gasteiger partial charge in [-0.1, -0.05) is 47.5 Å². The van der Waals surface area contributed by atoms with E-state index in [1.807, 2.05) is 13.8 Å². The van der Waals surface area contributed by atoms with Crippen molar-refractivity contribution >= 4 is 0 Å². The molecule has 1 nitrogen and oxygen atoms in total. The Morgan fingerprint density at radius 3 is 1.71 bits per heavy atom. The summed E-state index contributed by atoms with van der Waals surface area (Å²) in [7, 11) is 0. The average molecular weight is 241 g/mol. The number of rotatable bonds is 2. The van der Waals surface area contributed by atoms with Gasteiger partial charge in [-0.25, -0.2) is 0 Å². The minimum Gasteiger partial charge on any atom is -0.303 e. The monoisotopic (exact) mass is 241 g/mol. The summed E-state index contributed by atoms with van der Waals surface area (Å²) in [6.45, 7) is 14.7. The molecule has 1 aliphatic carbocycles. The van der Waals surface area contributed by atoms with Crippen molar-refractivity contribution in [1.29, 1.82) is 0 Å². The number of nitrogens with zero attached hydrogens (tertiary/aromatic N) is 1. The smallest absolute Gasteiger partial charge is 0.000966 e. The molecule has 1 heteroatoms. The van der Waals surface area contributed by atoms with Crippen molar-refractivity contribution in [2.24, 2.45) is 11.8 Å². The quantitative estimate of drug-likeness (QED) is 0.660. The van der Waals surface area contributed by atoms with E-state index in [0.29, 0.717) is 0 Å². The molecule has 0 bridgehead atoms. The highest BCUT2D eigenvalue weighted by Gasteiger charge is 2.20. The summed E-state index contributed by atoms with van der Waals surface area (Å²) >= 11 is 0. The summed E-state index contributed by atoms with van der Waals surface area (Å²) in [6.07, 6.45) is 8.92. The molecule has 1 heterocycles. The Bertz CT molecular complexity index is 125. The SMILES string of the molecule is C1CCC(CN2CCCC2)C1.CC.CC(C)C. The van der Waals surface area contributed by atoms with Crippen LogP contribution < -0.4 is 0 Å². The second-order valence-electron chi connectivity index (χ2n) is 5.89. The third-order valence-corrected chi connectivity index (χ3v) is 3.19. The van der Waals surface area contributed by atoms with Crippen LogP contribution in [0.3, 0.4) is 0 Å². The van der Waals surface area contributed by atoms with Gasteiger partial charge in [-0.2, -0.15) is 0 Å². The first-order chi connectivity index (χ1) is 8.18. The lowest BCUT2D eigenvalue weighted by atomic mass is 10.1. The van der Waals surface area contributed by atoms with E-state index >= 15 is 0 Å². The first-order valence-corrected chi connectivity index (χ1v) is 7.91. The van der Waals surface area contributed by atoms with Crippen LogP contribution in [0.5, 0.6) is 0 Å². The zero-order valence-corrected chi connectivity index (χ0v) is 13.0. The predicted octanol–water partition coefficient (Wildman–Crippen LogP) is 4.96. The molecular formula is C16H35N. The van der Waals surface area contributed by atoms with E-state index in [9.17, 15) is 0 Å². The zero-order chi connectivity index (χ0) is 13.1. The summed E-state index contributed by atoms with van der Waals surface area (Å²) in [5.74, 6) is 1.90. The summed E-state index contributed by atoms with van der Waals surface area (Å²) in [5, 5.41) is 0. The van der Waals surface area contributed by atoms with Gasteiger partial charge in [0.15, 0.2) is 0 Å². The molecular weight excluding hydrogens is 206 g/mol. The fourth-order valence-electron chi connectivity index (χ4n) is 2.52. The Kier molecular flexibility index (Phi) is 11.0. The fraction of sp³-hybridized carbons (Fsp3) is 1.00. The van der Waals surface area contributed by atoms with Gasteiger partial charge in [0.05, 0.1) is 0 Å². The number of hydrogen-bond donors (Lipinski definition) is 0. The Hall–Kier alpha value is -0.0400. The van der Waals surface area contributed by atoms with E-state index in [2.05, 4.69) is 25.7 Å². The van der Waals surface area contributed by atoms with Crippen molar-refractivity contribution in [1.82, 2.24) is 4.90 Å². The molecule has 0 aromatic rings.